The molecule has 0 radical (unpaired) electrons. The maximum Gasteiger partial charge on any atom is 0.338 e. The zero-order chi connectivity index (χ0) is 61.4. The molecule has 0 aromatic heterocycles. The van der Waals surface area contributed by atoms with Crippen LogP contribution in [0.3, 0.4) is 0 Å². The molecule has 2 unspecified atom stereocenters. The first-order chi connectivity index (χ1) is 41.3. The van der Waals surface area contributed by atoms with Crippen molar-refractivity contribution in [1.29, 1.82) is 0 Å². The summed E-state index contributed by atoms with van der Waals surface area (Å²) in [6, 6.07) is 7.18. The number of rotatable bonds is 43. The van der Waals surface area contributed by atoms with Gasteiger partial charge in [-0.05, 0) is 153 Å². The summed E-state index contributed by atoms with van der Waals surface area (Å²) in [5.41, 5.74) is -0.0346. The van der Waals surface area contributed by atoms with E-state index < -0.39 is 65.1 Å². The lowest BCUT2D eigenvalue weighted by atomic mass is 9.93. The van der Waals surface area contributed by atoms with Crippen molar-refractivity contribution in [2.45, 2.75) is 252 Å². The van der Waals surface area contributed by atoms with Crippen molar-refractivity contribution in [2.24, 2.45) is 0 Å². The molecule has 85 heavy (non-hydrogen) atoms. The summed E-state index contributed by atoms with van der Waals surface area (Å²) in [6.07, 6.45) is 39.7. The van der Waals surface area contributed by atoms with Gasteiger partial charge in [-0.1, -0.05) is 128 Å². The molecule has 4 rings (SSSR count). The second kappa shape index (κ2) is 41.9. The molecule has 4 N–H and O–H groups in total. The lowest BCUT2D eigenvalue weighted by Gasteiger charge is -2.34. The second-order valence-electron chi connectivity index (χ2n) is 22.1. The molecule has 0 saturated heterocycles. The monoisotopic (exact) mass is 1180 g/mol. The van der Waals surface area contributed by atoms with Crippen LogP contribution in [-0.4, -0.2) is 56.4 Å². The van der Waals surface area contributed by atoms with E-state index in [1.165, 1.54) is 43.9 Å². The SMILES string of the molecule is CCCCC/C=C/CCCCC(=O)Oc1cc(C(=O)OC2Cc3c(O)cc(O)cc3OC2c2cc(OC(=O)CCCC/C=C/CCCCC)c(O)c(OC(=O)CCCC/C=C/CCCCC)c2)cc(OC(=O)CCCC/C=C/CCCCC)c1O. The van der Waals surface area contributed by atoms with Crippen molar-refractivity contribution in [1.82, 2.24) is 0 Å². The number of carbonyl (C=O) groups excluding carboxylic acids is 5. The Bertz CT molecular complexity index is 2500. The average molecular weight is 1180 g/mol. The molecule has 468 valence electrons. The van der Waals surface area contributed by atoms with Crippen molar-refractivity contribution in [3.8, 4) is 51.7 Å². The van der Waals surface area contributed by atoms with Crippen LogP contribution in [0.15, 0.2) is 85.0 Å². The first-order valence-electron chi connectivity index (χ1n) is 31.9. The highest BCUT2D eigenvalue weighted by Gasteiger charge is 2.38. The summed E-state index contributed by atoms with van der Waals surface area (Å²) in [5.74, 6) is -7.40. The van der Waals surface area contributed by atoms with Crippen LogP contribution in [0.5, 0.6) is 51.7 Å². The van der Waals surface area contributed by atoms with Crippen LogP contribution < -0.4 is 23.7 Å². The Morgan fingerprint density at radius 1 is 0.435 bits per heavy atom. The molecule has 0 amide bonds. The first kappa shape index (κ1) is 70.5. The number of esters is 5. The summed E-state index contributed by atoms with van der Waals surface area (Å²) in [7, 11) is 0. The van der Waals surface area contributed by atoms with Gasteiger partial charge in [0.05, 0.1) is 5.56 Å². The minimum Gasteiger partial charge on any atom is -0.508 e. The molecule has 0 aliphatic carbocycles. The fourth-order valence-corrected chi connectivity index (χ4v) is 9.63. The van der Waals surface area contributed by atoms with E-state index in [9.17, 15) is 44.4 Å². The standard InChI is InChI=1S/C70H98O15/c1-5-9-13-17-21-25-29-33-37-41-63(73)80-58-45-52(46-59(67(58)77)81-64(74)42-38-34-30-26-22-18-14-10-6-2)69-62(51-55-56(72)49-54(71)50-57(55)84-69)85-70(79)53-47-60(82-65(75)43-39-35-31-27-23-19-15-11-7-3)68(78)61(48-53)83-66(76)44-40-36-32-28-24-20-16-12-8-4/h21-28,45-50,62,69,71-72,77-78H,5-20,29-44,51H2,1-4H3/b25-21+,26-22+,27-23+,28-24+. The highest BCUT2D eigenvalue weighted by molar-refractivity contribution is 5.92. The molecule has 0 bridgehead atoms. The summed E-state index contributed by atoms with van der Waals surface area (Å²) < 4.78 is 35.5. The van der Waals surface area contributed by atoms with Gasteiger partial charge < -0.3 is 48.8 Å². The van der Waals surface area contributed by atoms with Crippen LogP contribution in [-0.2, 0) is 30.3 Å². The number of aromatic hydroxyl groups is 4. The van der Waals surface area contributed by atoms with E-state index in [0.29, 0.717) is 51.4 Å². The van der Waals surface area contributed by atoms with E-state index in [1.54, 1.807) is 0 Å². The summed E-state index contributed by atoms with van der Waals surface area (Å²) in [6.45, 7) is 8.63. The number of carbonyl (C=O) groups is 5. The van der Waals surface area contributed by atoms with Crippen LogP contribution in [0.1, 0.15) is 261 Å². The van der Waals surface area contributed by atoms with Crippen LogP contribution in [0, 0.1) is 0 Å². The van der Waals surface area contributed by atoms with Gasteiger partial charge in [-0.2, -0.15) is 0 Å². The molecular weight excluding hydrogens is 1080 g/mol. The molecule has 0 fully saturated rings. The summed E-state index contributed by atoms with van der Waals surface area (Å²) in [5, 5.41) is 44.8. The van der Waals surface area contributed by atoms with Gasteiger partial charge in [0.25, 0.3) is 0 Å². The van der Waals surface area contributed by atoms with Gasteiger partial charge in [0.1, 0.15) is 23.4 Å². The van der Waals surface area contributed by atoms with Crippen LogP contribution in [0.25, 0.3) is 0 Å². The van der Waals surface area contributed by atoms with Crippen molar-refractivity contribution in [3.63, 3.8) is 0 Å². The molecule has 15 nitrogen and oxygen atoms in total. The lowest BCUT2D eigenvalue weighted by molar-refractivity contribution is -0.136. The summed E-state index contributed by atoms with van der Waals surface area (Å²) >= 11 is 0. The number of phenolic OH excluding ortho intramolecular Hbond substituents is 4. The lowest BCUT2D eigenvalue weighted by Crippen LogP contribution is -2.35. The van der Waals surface area contributed by atoms with Gasteiger partial charge >= 0.3 is 29.8 Å². The third-order valence-electron chi connectivity index (χ3n) is 14.6. The molecule has 1 aliphatic heterocycles. The maximum atomic E-state index is 14.6. The molecular formula is C70H98O15. The minimum absolute atomic E-state index is 0.00551. The highest BCUT2D eigenvalue weighted by atomic mass is 16.6. The smallest absolute Gasteiger partial charge is 0.338 e. The molecule has 3 aromatic carbocycles. The number of hydrogen-bond donors (Lipinski definition) is 4. The fraction of sp³-hybridized carbons (Fsp3) is 0.557. The van der Waals surface area contributed by atoms with Crippen molar-refractivity contribution >= 4 is 29.8 Å². The first-order valence-corrected chi connectivity index (χ1v) is 31.9. The number of phenols is 4. The summed E-state index contributed by atoms with van der Waals surface area (Å²) in [4.78, 5) is 68.2. The third-order valence-corrected chi connectivity index (χ3v) is 14.6. The number of hydrogen-bond acceptors (Lipinski definition) is 15. The van der Waals surface area contributed by atoms with Gasteiger partial charge in [0.2, 0.25) is 11.5 Å². The van der Waals surface area contributed by atoms with Crippen LogP contribution in [0.4, 0.5) is 0 Å². The Balaban J connectivity index is 1.66. The average Bonchev–Trinajstić information content (AvgIpc) is 3.21. The van der Waals surface area contributed by atoms with Crippen molar-refractivity contribution in [2.75, 3.05) is 0 Å². The molecule has 3 aromatic rings. The number of allylic oxidation sites excluding steroid dienone is 8. The van der Waals surface area contributed by atoms with E-state index in [1.807, 2.05) is 0 Å². The Morgan fingerprint density at radius 3 is 1.08 bits per heavy atom. The molecule has 1 aliphatic rings. The van der Waals surface area contributed by atoms with E-state index in [4.69, 9.17) is 28.4 Å². The van der Waals surface area contributed by atoms with Gasteiger partial charge in [0, 0.05) is 55.4 Å². The van der Waals surface area contributed by atoms with E-state index >= 15 is 0 Å². The van der Waals surface area contributed by atoms with Crippen LogP contribution in [0.2, 0.25) is 0 Å². The van der Waals surface area contributed by atoms with Gasteiger partial charge in [-0.3, -0.25) is 19.2 Å². The number of fused-ring (bicyclic) bond motifs is 1. The minimum atomic E-state index is -1.36. The van der Waals surface area contributed by atoms with Crippen LogP contribution >= 0.6 is 0 Å². The number of benzene rings is 3. The zero-order valence-corrected chi connectivity index (χ0v) is 51.4. The molecule has 0 spiro atoms. The van der Waals surface area contributed by atoms with E-state index in [-0.39, 0.29) is 77.5 Å². The highest BCUT2D eigenvalue weighted by Crippen LogP contribution is 2.47. The third kappa shape index (κ3) is 27.7. The predicted molar refractivity (Wildman–Crippen MR) is 332 cm³/mol. The normalized spacial score (nSPS) is 14.0. The molecule has 2 atom stereocenters. The number of ether oxygens (including phenoxy) is 6. The van der Waals surface area contributed by atoms with E-state index in [0.717, 1.165) is 121 Å². The quantitative estimate of drug-likeness (QED) is 0.0179. The van der Waals surface area contributed by atoms with Gasteiger partial charge in [0.15, 0.2) is 29.1 Å². The predicted octanol–water partition coefficient (Wildman–Crippen LogP) is 17.8. The second-order valence-corrected chi connectivity index (χ2v) is 22.1. The Hall–Kier alpha value is -7.03. The molecule has 0 saturated carbocycles. The topological polar surface area (TPSA) is 222 Å². The fourth-order valence-electron chi connectivity index (χ4n) is 9.63. The van der Waals surface area contributed by atoms with Gasteiger partial charge in [-0.25, -0.2) is 4.79 Å². The van der Waals surface area contributed by atoms with Crippen molar-refractivity contribution in [3.05, 3.63) is 102 Å². The largest absolute Gasteiger partial charge is 0.508 e. The molecule has 1 heterocycles. The Kier molecular flexibility index (Phi) is 34.7. The molecule has 15 heteroatoms. The zero-order valence-electron chi connectivity index (χ0n) is 51.4. The Labute approximate surface area is 505 Å². The van der Waals surface area contributed by atoms with Crippen molar-refractivity contribution < 1.29 is 72.8 Å². The maximum absolute atomic E-state index is 14.6. The Morgan fingerprint density at radius 2 is 0.753 bits per heavy atom. The van der Waals surface area contributed by atoms with E-state index in [2.05, 4.69) is 76.3 Å². The number of unbranched alkanes of at least 4 members (excludes halogenated alkanes) is 20. The van der Waals surface area contributed by atoms with Gasteiger partial charge in [-0.15, -0.1) is 0 Å².